The van der Waals surface area contributed by atoms with Crippen molar-refractivity contribution in [3.05, 3.63) is 41.2 Å². The number of hydrogen-bond donors (Lipinski definition) is 0. The Morgan fingerprint density at radius 3 is 3.07 bits per heavy atom. The summed E-state index contributed by atoms with van der Waals surface area (Å²) in [4.78, 5) is 0. The molecule has 1 atom stereocenters. The highest BCUT2D eigenvalue weighted by molar-refractivity contribution is 5.55. The molecule has 0 aliphatic heterocycles. The number of rotatable bonds is 2. The van der Waals surface area contributed by atoms with Crippen molar-refractivity contribution in [1.29, 1.82) is 0 Å². The maximum absolute atomic E-state index is 13.0. The molecule has 0 aromatic heterocycles. The van der Waals surface area contributed by atoms with Crippen molar-refractivity contribution in [2.75, 3.05) is 0 Å². The van der Waals surface area contributed by atoms with E-state index in [-0.39, 0.29) is 5.82 Å². The van der Waals surface area contributed by atoms with E-state index in [9.17, 15) is 4.39 Å². The van der Waals surface area contributed by atoms with Gasteiger partial charge in [-0.25, -0.2) is 4.39 Å². The highest BCUT2D eigenvalue weighted by Crippen LogP contribution is 2.25. The molecule has 0 nitrogen and oxygen atoms in total. The van der Waals surface area contributed by atoms with Crippen molar-refractivity contribution in [3.8, 4) is 0 Å². The Labute approximate surface area is 90.8 Å². The molecule has 0 N–H and O–H groups in total. The molecule has 1 aromatic rings. The van der Waals surface area contributed by atoms with E-state index >= 15 is 0 Å². The van der Waals surface area contributed by atoms with Gasteiger partial charge >= 0.3 is 0 Å². The van der Waals surface area contributed by atoms with Crippen LogP contribution in [0.3, 0.4) is 0 Å². The molecule has 15 heavy (non-hydrogen) atoms. The predicted molar refractivity (Wildman–Crippen MR) is 62.2 cm³/mol. The van der Waals surface area contributed by atoms with Crippen LogP contribution in [0.25, 0.3) is 6.08 Å². The monoisotopic (exact) mass is 204 g/mol. The van der Waals surface area contributed by atoms with E-state index in [4.69, 9.17) is 0 Å². The van der Waals surface area contributed by atoms with Crippen molar-refractivity contribution in [2.24, 2.45) is 5.92 Å². The highest BCUT2D eigenvalue weighted by Gasteiger charge is 2.11. The van der Waals surface area contributed by atoms with Gasteiger partial charge in [0, 0.05) is 0 Å². The van der Waals surface area contributed by atoms with E-state index in [0.717, 1.165) is 18.4 Å². The van der Waals surface area contributed by atoms with E-state index in [0.29, 0.717) is 5.92 Å². The van der Waals surface area contributed by atoms with Crippen LogP contribution in [0.1, 0.15) is 37.3 Å². The van der Waals surface area contributed by atoms with Gasteiger partial charge in [0.25, 0.3) is 0 Å². The Kier molecular flexibility index (Phi) is 3.20. The first-order valence-corrected chi connectivity index (χ1v) is 5.76. The van der Waals surface area contributed by atoms with Gasteiger partial charge in [-0.2, -0.15) is 0 Å². The van der Waals surface area contributed by atoms with Gasteiger partial charge in [-0.05, 0) is 48.4 Å². The van der Waals surface area contributed by atoms with Gasteiger partial charge in [-0.15, -0.1) is 0 Å². The molecule has 1 aliphatic rings. The summed E-state index contributed by atoms with van der Waals surface area (Å²) in [5.41, 5.74) is 2.35. The fourth-order valence-electron chi connectivity index (χ4n) is 2.24. The van der Waals surface area contributed by atoms with E-state index in [1.54, 1.807) is 12.1 Å². The number of aryl methyl sites for hydroxylation is 1. The molecule has 0 saturated heterocycles. The molecule has 1 heteroatoms. The first-order valence-electron chi connectivity index (χ1n) is 5.76. The molecule has 1 aromatic carbocycles. The normalized spacial score (nSPS) is 19.7. The van der Waals surface area contributed by atoms with Gasteiger partial charge in [0.2, 0.25) is 0 Å². The van der Waals surface area contributed by atoms with Gasteiger partial charge in [0.05, 0.1) is 0 Å². The van der Waals surface area contributed by atoms with Gasteiger partial charge in [-0.1, -0.05) is 31.6 Å². The van der Waals surface area contributed by atoms with Crippen LogP contribution in [0.4, 0.5) is 4.39 Å². The van der Waals surface area contributed by atoms with Crippen molar-refractivity contribution < 1.29 is 4.39 Å². The standard InChI is InChI=1S/C14H17F/c1-2-3-11-4-6-12-8-9-14(15)10-13(12)7-5-11/h4,6,8-11H,2-3,5,7H2,1H3/t11-/m1/s1. The minimum absolute atomic E-state index is 0.115. The van der Waals surface area contributed by atoms with E-state index in [2.05, 4.69) is 19.1 Å². The predicted octanol–water partition coefficient (Wildman–Crippen LogP) is 4.20. The zero-order valence-electron chi connectivity index (χ0n) is 9.17. The minimum Gasteiger partial charge on any atom is -0.207 e. The lowest BCUT2D eigenvalue weighted by atomic mass is 9.97. The fourth-order valence-corrected chi connectivity index (χ4v) is 2.24. The Balaban J connectivity index is 2.20. The van der Waals surface area contributed by atoms with Crippen LogP contribution < -0.4 is 0 Å². The van der Waals surface area contributed by atoms with Crippen LogP contribution in [0, 0.1) is 11.7 Å². The smallest absolute Gasteiger partial charge is 0.123 e. The number of halogens is 1. The second-order valence-corrected chi connectivity index (χ2v) is 4.29. The number of benzene rings is 1. The molecule has 80 valence electrons. The Bertz CT molecular complexity index is 366. The van der Waals surface area contributed by atoms with Crippen LogP contribution in [0.5, 0.6) is 0 Å². The zero-order valence-corrected chi connectivity index (χ0v) is 9.17. The van der Waals surface area contributed by atoms with Crippen LogP contribution in [0.2, 0.25) is 0 Å². The van der Waals surface area contributed by atoms with Gasteiger partial charge in [0.1, 0.15) is 5.82 Å². The maximum Gasteiger partial charge on any atom is 0.123 e. The third-order valence-corrected chi connectivity index (χ3v) is 3.10. The Hall–Kier alpha value is -1.11. The topological polar surface area (TPSA) is 0 Å². The molecule has 0 amide bonds. The summed E-state index contributed by atoms with van der Waals surface area (Å²) in [6.07, 6.45) is 9.06. The first kappa shape index (κ1) is 10.4. The Morgan fingerprint density at radius 2 is 2.27 bits per heavy atom. The van der Waals surface area contributed by atoms with E-state index in [1.807, 2.05) is 6.07 Å². The summed E-state index contributed by atoms with van der Waals surface area (Å²) in [5, 5.41) is 0. The summed E-state index contributed by atoms with van der Waals surface area (Å²) in [6, 6.07) is 5.10. The molecule has 0 bridgehead atoms. The molecule has 0 heterocycles. The van der Waals surface area contributed by atoms with Crippen LogP contribution in [-0.4, -0.2) is 0 Å². The van der Waals surface area contributed by atoms with Gasteiger partial charge in [0.15, 0.2) is 0 Å². The van der Waals surface area contributed by atoms with E-state index < -0.39 is 0 Å². The lowest BCUT2D eigenvalue weighted by Crippen LogP contribution is -1.97. The average molecular weight is 204 g/mol. The van der Waals surface area contributed by atoms with Crippen molar-refractivity contribution in [2.45, 2.75) is 32.6 Å². The Morgan fingerprint density at radius 1 is 1.40 bits per heavy atom. The molecule has 0 saturated carbocycles. The molecular formula is C14H17F. The van der Waals surface area contributed by atoms with Gasteiger partial charge in [-0.3, -0.25) is 0 Å². The average Bonchev–Trinajstić information content (AvgIpc) is 2.42. The largest absolute Gasteiger partial charge is 0.207 e. The molecule has 0 fully saturated rings. The molecule has 2 rings (SSSR count). The lowest BCUT2D eigenvalue weighted by molar-refractivity contribution is 0.540. The molecule has 0 radical (unpaired) electrons. The van der Waals surface area contributed by atoms with E-state index in [1.165, 1.54) is 18.4 Å². The quantitative estimate of drug-likeness (QED) is 0.677. The summed E-state index contributed by atoms with van der Waals surface area (Å²) in [6.45, 7) is 2.21. The molecule has 1 aliphatic carbocycles. The zero-order chi connectivity index (χ0) is 10.7. The van der Waals surface area contributed by atoms with Crippen molar-refractivity contribution in [3.63, 3.8) is 0 Å². The van der Waals surface area contributed by atoms with Crippen molar-refractivity contribution >= 4 is 6.08 Å². The summed E-state index contributed by atoms with van der Waals surface area (Å²) in [7, 11) is 0. The summed E-state index contributed by atoms with van der Waals surface area (Å²) >= 11 is 0. The molecule has 0 spiro atoms. The number of hydrogen-bond acceptors (Lipinski definition) is 0. The van der Waals surface area contributed by atoms with Crippen molar-refractivity contribution in [1.82, 2.24) is 0 Å². The second kappa shape index (κ2) is 4.61. The van der Waals surface area contributed by atoms with Crippen LogP contribution >= 0.6 is 0 Å². The summed E-state index contributed by atoms with van der Waals surface area (Å²) < 4.78 is 13.0. The van der Waals surface area contributed by atoms with Crippen LogP contribution in [0.15, 0.2) is 24.3 Å². The molecule has 0 unspecified atom stereocenters. The number of fused-ring (bicyclic) bond motifs is 1. The fraction of sp³-hybridized carbons (Fsp3) is 0.429. The van der Waals surface area contributed by atoms with Gasteiger partial charge < -0.3 is 0 Å². The number of allylic oxidation sites excluding steroid dienone is 1. The highest BCUT2D eigenvalue weighted by atomic mass is 19.1. The second-order valence-electron chi connectivity index (χ2n) is 4.29. The molecular weight excluding hydrogens is 187 g/mol. The summed E-state index contributed by atoms with van der Waals surface area (Å²) in [5.74, 6) is 0.557. The lowest BCUT2D eigenvalue weighted by Gasteiger charge is -2.08. The third-order valence-electron chi connectivity index (χ3n) is 3.10. The third kappa shape index (κ3) is 2.47. The SMILES string of the molecule is CCC[C@@H]1C=Cc2ccc(F)cc2CC1. The first-order chi connectivity index (χ1) is 7.29. The minimum atomic E-state index is -0.115. The van der Waals surface area contributed by atoms with Crippen LogP contribution in [-0.2, 0) is 6.42 Å². The maximum atomic E-state index is 13.0.